The lowest BCUT2D eigenvalue weighted by molar-refractivity contribution is 0.434. The number of halogens is 1. The number of rotatable bonds is 6. The van der Waals surface area contributed by atoms with Gasteiger partial charge in [-0.1, -0.05) is 56.2 Å². The summed E-state index contributed by atoms with van der Waals surface area (Å²) in [4.78, 5) is 14.5. The lowest BCUT2D eigenvalue weighted by atomic mass is 9.79. The summed E-state index contributed by atoms with van der Waals surface area (Å²) in [5.41, 5.74) is 3.82. The molecule has 2 aliphatic heterocycles. The van der Waals surface area contributed by atoms with Gasteiger partial charge in [0.05, 0.1) is 0 Å². The number of hydrogen-bond donors (Lipinski definition) is 2. The zero-order valence-electron chi connectivity index (χ0n) is 22.6. The predicted octanol–water partition coefficient (Wildman–Crippen LogP) is 6.17. The molecule has 0 bridgehead atoms. The predicted molar refractivity (Wildman–Crippen MR) is 160 cm³/mol. The number of thiocarbonyl (C=S) groups is 1. The molecule has 3 heterocycles. The van der Waals surface area contributed by atoms with Gasteiger partial charge in [-0.15, -0.1) is 0 Å². The van der Waals surface area contributed by atoms with E-state index in [0.29, 0.717) is 23.5 Å². The number of hydrogen-bond acceptors (Lipinski definition) is 5. The van der Waals surface area contributed by atoms with Crippen molar-refractivity contribution in [1.82, 2.24) is 15.3 Å². The summed E-state index contributed by atoms with van der Waals surface area (Å²) in [7, 11) is 0. The van der Waals surface area contributed by atoms with Crippen LogP contribution in [0.4, 0.5) is 22.0 Å². The molecule has 6 nitrogen and oxygen atoms in total. The first-order valence-corrected chi connectivity index (χ1v) is 14.6. The van der Waals surface area contributed by atoms with Gasteiger partial charge in [0.2, 0.25) is 5.95 Å². The van der Waals surface area contributed by atoms with Crippen molar-refractivity contribution in [3.63, 3.8) is 0 Å². The highest BCUT2D eigenvalue weighted by molar-refractivity contribution is 7.80. The van der Waals surface area contributed by atoms with Crippen molar-refractivity contribution in [3.05, 3.63) is 77.1 Å². The van der Waals surface area contributed by atoms with Gasteiger partial charge in [-0.3, -0.25) is 0 Å². The Morgan fingerprint density at radius 3 is 2.31 bits per heavy atom. The van der Waals surface area contributed by atoms with Crippen molar-refractivity contribution in [2.24, 2.45) is 5.92 Å². The summed E-state index contributed by atoms with van der Waals surface area (Å²) in [5.74, 6) is 2.83. The molecule has 2 aromatic carbocycles. The van der Waals surface area contributed by atoms with Crippen LogP contribution in [0.25, 0.3) is 0 Å². The quantitative estimate of drug-likeness (QED) is 0.360. The van der Waals surface area contributed by atoms with E-state index in [-0.39, 0.29) is 11.2 Å². The van der Waals surface area contributed by atoms with Gasteiger partial charge in [-0.2, -0.15) is 9.97 Å². The molecule has 39 heavy (non-hydrogen) atoms. The molecule has 204 valence electrons. The minimum atomic E-state index is -0.200. The molecule has 6 rings (SSSR count). The standard InChI is InChI=1S/C31H37FN6S/c1-22-7-6-16-37(18-22)27-17-28(38-19-23-8-2-3-9-24(23)20-38)35-29(34-27)36-30(39)33-21-31(14-4-5-15-31)25-10-12-26(32)13-11-25/h2-3,8-13,17,22H,4-7,14-16,18-21H2,1H3,(H2,33,34,35,36,39)/t22-/m1/s1. The van der Waals surface area contributed by atoms with Gasteiger partial charge in [-0.05, 0) is 72.6 Å². The fraction of sp³-hybridized carbons (Fsp3) is 0.452. The number of nitrogens with one attached hydrogen (secondary N) is 2. The lowest BCUT2D eigenvalue weighted by Gasteiger charge is -2.33. The summed E-state index contributed by atoms with van der Waals surface area (Å²) in [5, 5.41) is 7.28. The first-order valence-electron chi connectivity index (χ1n) is 14.2. The van der Waals surface area contributed by atoms with Crippen LogP contribution in [0.15, 0.2) is 54.6 Å². The summed E-state index contributed by atoms with van der Waals surface area (Å²) in [6.45, 7) is 6.69. The molecule has 1 saturated carbocycles. The molecule has 0 amide bonds. The largest absolute Gasteiger partial charge is 0.361 e. The topological polar surface area (TPSA) is 56.3 Å². The third kappa shape index (κ3) is 5.71. The number of aromatic nitrogens is 2. The van der Waals surface area contributed by atoms with Gasteiger partial charge in [0.25, 0.3) is 0 Å². The smallest absolute Gasteiger partial charge is 0.232 e. The van der Waals surface area contributed by atoms with Crippen molar-refractivity contribution >= 4 is 34.9 Å². The molecule has 1 atom stereocenters. The second-order valence-electron chi connectivity index (χ2n) is 11.5. The average molecular weight is 545 g/mol. The van der Waals surface area contributed by atoms with E-state index in [1.807, 2.05) is 12.1 Å². The second-order valence-corrected chi connectivity index (χ2v) is 11.9. The Balaban J connectivity index is 1.21. The average Bonchev–Trinajstić information content (AvgIpc) is 3.60. The SMILES string of the molecule is C[C@@H]1CCCN(c2cc(N3Cc4ccccc4C3)nc(NC(=S)NCC3(c4ccc(F)cc4)CCCC3)n2)C1. The van der Waals surface area contributed by atoms with E-state index in [2.05, 4.69) is 57.7 Å². The molecule has 3 aliphatic rings. The van der Waals surface area contributed by atoms with Gasteiger partial charge < -0.3 is 20.4 Å². The maximum absolute atomic E-state index is 13.6. The van der Waals surface area contributed by atoms with Crippen molar-refractivity contribution in [2.45, 2.75) is 64.0 Å². The van der Waals surface area contributed by atoms with Crippen LogP contribution in [0.3, 0.4) is 0 Å². The van der Waals surface area contributed by atoms with Gasteiger partial charge in [0.15, 0.2) is 5.11 Å². The number of piperidine rings is 1. The Labute approximate surface area is 236 Å². The first kappa shape index (κ1) is 26.0. The van der Waals surface area contributed by atoms with Crippen LogP contribution < -0.4 is 20.4 Å². The minimum absolute atomic E-state index is 0.0431. The number of benzene rings is 2. The van der Waals surface area contributed by atoms with Gasteiger partial charge in [0, 0.05) is 44.2 Å². The second kappa shape index (κ2) is 11.1. The zero-order chi connectivity index (χ0) is 26.8. The molecule has 0 spiro atoms. The highest BCUT2D eigenvalue weighted by atomic mass is 32.1. The van der Waals surface area contributed by atoms with Crippen LogP contribution >= 0.6 is 12.2 Å². The van der Waals surface area contributed by atoms with Crippen LogP contribution in [-0.4, -0.2) is 34.7 Å². The molecule has 0 radical (unpaired) electrons. The Morgan fingerprint density at radius 2 is 1.64 bits per heavy atom. The molecule has 0 unspecified atom stereocenters. The minimum Gasteiger partial charge on any atom is -0.361 e. The maximum Gasteiger partial charge on any atom is 0.232 e. The molecule has 1 aliphatic carbocycles. The third-order valence-corrected chi connectivity index (χ3v) is 8.92. The van der Waals surface area contributed by atoms with Crippen LogP contribution in [0.2, 0.25) is 0 Å². The third-order valence-electron chi connectivity index (χ3n) is 8.67. The highest BCUT2D eigenvalue weighted by Crippen LogP contribution is 2.40. The zero-order valence-corrected chi connectivity index (χ0v) is 23.4. The van der Waals surface area contributed by atoms with Crippen LogP contribution in [0.1, 0.15) is 62.1 Å². The molecular formula is C31H37FN6S. The van der Waals surface area contributed by atoms with E-state index in [1.165, 1.54) is 42.4 Å². The van der Waals surface area contributed by atoms with E-state index in [9.17, 15) is 4.39 Å². The fourth-order valence-corrected chi connectivity index (χ4v) is 6.68. The lowest BCUT2D eigenvalue weighted by Crippen LogP contribution is -2.41. The van der Waals surface area contributed by atoms with E-state index in [4.69, 9.17) is 22.2 Å². The van der Waals surface area contributed by atoms with Gasteiger partial charge in [0.1, 0.15) is 17.5 Å². The molecule has 8 heteroatoms. The Morgan fingerprint density at radius 1 is 0.974 bits per heavy atom. The maximum atomic E-state index is 13.6. The first-order chi connectivity index (χ1) is 19.0. The molecule has 3 aromatic rings. The number of nitrogens with zero attached hydrogens (tertiary/aromatic N) is 4. The number of anilines is 3. The van der Waals surface area contributed by atoms with Crippen molar-refractivity contribution < 1.29 is 4.39 Å². The normalized spacial score (nSPS) is 20.1. The van der Waals surface area contributed by atoms with E-state index in [1.54, 1.807) is 12.1 Å². The van der Waals surface area contributed by atoms with Gasteiger partial charge in [-0.25, -0.2) is 4.39 Å². The summed E-state index contributed by atoms with van der Waals surface area (Å²) in [6.07, 6.45) is 6.88. The molecule has 1 aromatic heterocycles. The Hall–Kier alpha value is -3.26. The fourth-order valence-electron chi connectivity index (χ4n) is 6.51. The molecule has 2 N–H and O–H groups in total. The van der Waals surface area contributed by atoms with Crippen molar-refractivity contribution in [2.75, 3.05) is 34.8 Å². The summed E-state index contributed by atoms with van der Waals surface area (Å²) >= 11 is 5.75. The van der Waals surface area contributed by atoms with Crippen LogP contribution in [-0.2, 0) is 18.5 Å². The monoisotopic (exact) mass is 544 g/mol. The highest BCUT2D eigenvalue weighted by Gasteiger charge is 2.35. The van der Waals surface area contributed by atoms with Crippen molar-refractivity contribution in [3.8, 4) is 0 Å². The molecule has 1 saturated heterocycles. The summed E-state index contributed by atoms with van der Waals surface area (Å²) < 4.78 is 13.6. The van der Waals surface area contributed by atoms with Gasteiger partial charge >= 0.3 is 0 Å². The Bertz CT molecular complexity index is 1300. The van der Waals surface area contributed by atoms with Crippen LogP contribution in [0.5, 0.6) is 0 Å². The molecule has 2 fully saturated rings. The van der Waals surface area contributed by atoms with Crippen LogP contribution in [0, 0.1) is 11.7 Å². The summed E-state index contributed by atoms with van der Waals surface area (Å²) in [6, 6.07) is 17.7. The molecular weight excluding hydrogens is 507 g/mol. The number of fused-ring (bicyclic) bond motifs is 1. The van der Waals surface area contributed by atoms with E-state index in [0.717, 1.165) is 50.7 Å². The van der Waals surface area contributed by atoms with E-state index >= 15 is 0 Å². The Kier molecular flexibility index (Phi) is 7.38. The van der Waals surface area contributed by atoms with Crippen molar-refractivity contribution in [1.29, 1.82) is 0 Å². The van der Waals surface area contributed by atoms with E-state index < -0.39 is 0 Å².